The number of amides is 1. The Labute approximate surface area is 107 Å². The van der Waals surface area contributed by atoms with Gasteiger partial charge in [-0.3, -0.25) is 14.5 Å². The van der Waals surface area contributed by atoms with Gasteiger partial charge in [-0.1, -0.05) is 19.1 Å². The molecule has 0 aromatic heterocycles. The van der Waals surface area contributed by atoms with Crippen molar-refractivity contribution >= 4 is 17.4 Å². The Morgan fingerprint density at radius 1 is 1.44 bits per heavy atom. The second-order valence-electron chi connectivity index (χ2n) is 4.33. The summed E-state index contributed by atoms with van der Waals surface area (Å²) in [6.45, 7) is 3.94. The molecule has 1 aromatic rings. The number of Topliss-reactive ketones (excluding diaryl/α,β-unsaturated/α-hetero) is 1. The van der Waals surface area contributed by atoms with Gasteiger partial charge < -0.3 is 4.74 Å². The Morgan fingerprint density at radius 3 is 2.89 bits per heavy atom. The van der Waals surface area contributed by atoms with Gasteiger partial charge >= 0.3 is 0 Å². The minimum Gasteiger partial charge on any atom is -0.491 e. The van der Waals surface area contributed by atoms with Gasteiger partial charge in [-0.15, -0.1) is 0 Å². The number of fused-ring (bicyclic) bond motifs is 1. The molecule has 0 bridgehead atoms. The molecule has 0 spiro atoms. The van der Waals surface area contributed by atoms with Gasteiger partial charge in [-0.25, -0.2) is 0 Å². The second-order valence-corrected chi connectivity index (χ2v) is 4.33. The summed E-state index contributed by atoms with van der Waals surface area (Å²) < 4.78 is 5.54. The molecule has 1 aliphatic heterocycles. The van der Waals surface area contributed by atoms with Crippen molar-refractivity contribution in [2.45, 2.75) is 32.7 Å². The molecule has 96 valence electrons. The van der Waals surface area contributed by atoms with Gasteiger partial charge in [0.1, 0.15) is 5.75 Å². The van der Waals surface area contributed by atoms with E-state index in [1.807, 2.05) is 31.2 Å². The van der Waals surface area contributed by atoms with E-state index in [4.69, 9.17) is 4.74 Å². The highest BCUT2D eigenvalue weighted by Gasteiger charge is 2.30. The molecule has 4 nitrogen and oxygen atoms in total. The molecule has 1 atom stereocenters. The number of carbonyl (C=O) groups is 2. The fraction of sp³-hybridized carbons (Fsp3) is 0.429. The van der Waals surface area contributed by atoms with Crippen LogP contribution in [0.4, 0.5) is 5.69 Å². The van der Waals surface area contributed by atoms with Crippen LogP contribution in [0.2, 0.25) is 0 Å². The molecule has 0 saturated carbocycles. The van der Waals surface area contributed by atoms with Crippen LogP contribution in [0.1, 0.15) is 26.7 Å². The van der Waals surface area contributed by atoms with E-state index in [-0.39, 0.29) is 11.7 Å². The third kappa shape index (κ3) is 2.23. The molecule has 1 aliphatic rings. The van der Waals surface area contributed by atoms with Crippen LogP contribution in [0.25, 0.3) is 0 Å². The van der Waals surface area contributed by atoms with Gasteiger partial charge in [-0.2, -0.15) is 0 Å². The number of hydrogen-bond acceptors (Lipinski definition) is 3. The van der Waals surface area contributed by atoms with Crippen molar-refractivity contribution in [3.63, 3.8) is 0 Å². The summed E-state index contributed by atoms with van der Waals surface area (Å²) in [5.74, 6) is 0.661. The topological polar surface area (TPSA) is 46.6 Å². The monoisotopic (exact) mass is 247 g/mol. The SMILES string of the molecule is CCC(=O)C(C)N1C(=O)CCOc2ccccc21. The number of benzene rings is 1. The molecule has 0 fully saturated rings. The molecule has 0 aliphatic carbocycles. The first-order valence-electron chi connectivity index (χ1n) is 6.21. The number of nitrogens with zero attached hydrogens (tertiary/aromatic N) is 1. The van der Waals surface area contributed by atoms with Crippen molar-refractivity contribution in [2.75, 3.05) is 11.5 Å². The number of para-hydroxylation sites is 2. The summed E-state index contributed by atoms with van der Waals surface area (Å²) in [5, 5.41) is 0. The third-order valence-electron chi connectivity index (χ3n) is 3.17. The second kappa shape index (κ2) is 5.21. The van der Waals surface area contributed by atoms with Gasteiger partial charge in [0.15, 0.2) is 5.78 Å². The highest BCUT2D eigenvalue weighted by atomic mass is 16.5. The first-order valence-corrected chi connectivity index (χ1v) is 6.21. The average molecular weight is 247 g/mol. The maximum Gasteiger partial charge on any atom is 0.231 e. The van der Waals surface area contributed by atoms with E-state index in [0.29, 0.717) is 30.9 Å². The number of hydrogen-bond donors (Lipinski definition) is 0. The zero-order chi connectivity index (χ0) is 13.1. The Balaban J connectivity index is 2.42. The zero-order valence-electron chi connectivity index (χ0n) is 10.7. The highest BCUT2D eigenvalue weighted by molar-refractivity contribution is 6.02. The number of carbonyl (C=O) groups excluding carboxylic acids is 2. The first kappa shape index (κ1) is 12.6. The van der Waals surface area contributed by atoms with Crippen molar-refractivity contribution in [1.29, 1.82) is 0 Å². The highest BCUT2D eigenvalue weighted by Crippen LogP contribution is 2.32. The Bertz CT molecular complexity index is 470. The molecular formula is C14H17NO3. The van der Waals surface area contributed by atoms with Crippen LogP contribution in [0.15, 0.2) is 24.3 Å². The van der Waals surface area contributed by atoms with Gasteiger partial charge in [0.05, 0.1) is 24.8 Å². The molecule has 0 radical (unpaired) electrons. The molecule has 1 aromatic carbocycles. The lowest BCUT2D eigenvalue weighted by Gasteiger charge is -2.27. The van der Waals surface area contributed by atoms with Gasteiger partial charge in [0.2, 0.25) is 5.91 Å². The van der Waals surface area contributed by atoms with Crippen molar-refractivity contribution in [3.8, 4) is 5.75 Å². The standard InChI is InChI=1S/C14H17NO3/c1-3-12(16)10(2)15-11-6-4-5-7-13(11)18-9-8-14(15)17/h4-7,10H,3,8-9H2,1-2H3. The number of ether oxygens (including phenoxy) is 1. The predicted octanol–water partition coefficient (Wildman–Crippen LogP) is 2.17. The van der Waals surface area contributed by atoms with E-state index >= 15 is 0 Å². The summed E-state index contributed by atoms with van der Waals surface area (Å²) in [4.78, 5) is 25.5. The number of rotatable bonds is 3. The smallest absolute Gasteiger partial charge is 0.231 e. The maximum atomic E-state index is 12.1. The average Bonchev–Trinajstić information content (AvgIpc) is 2.55. The normalized spacial score (nSPS) is 16.6. The summed E-state index contributed by atoms with van der Waals surface area (Å²) in [7, 11) is 0. The van der Waals surface area contributed by atoms with E-state index in [9.17, 15) is 9.59 Å². The lowest BCUT2D eigenvalue weighted by Crippen LogP contribution is -2.43. The first-order chi connectivity index (χ1) is 8.65. The van der Waals surface area contributed by atoms with Crippen LogP contribution in [-0.4, -0.2) is 24.3 Å². The lowest BCUT2D eigenvalue weighted by molar-refractivity contribution is -0.124. The Morgan fingerprint density at radius 2 is 2.17 bits per heavy atom. The van der Waals surface area contributed by atoms with Crippen LogP contribution < -0.4 is 9.64 Å². The molecule has 0 saturated heterocycles. The van der Waals surface area contributed by atoms with Crippen LogP contribution in [0, 0.1) is 0 Å². The van der Waals surface area contributed by atoms with E-state index in [2.05, 4.69) is 0 Å². The zero-order valence-corrected chi connectivity index (χ0v) is 10.7. The minimum atomic E-state index is -0.439. The Kier molecular flexibility index (Phi) is 3.65. The van der Waals surface area contributed by atoms with Gasteiger partial charge in [0.25, 0.3) is 0 Å². The van der Waals surface area contributed by atoms with Crippen molar-refractivity contribution < 1.29 is 14.3 Å². The van der Waals surface area contributed by atoms with Crippen LogP contribution in [0.5, 0.6) is 5.75 Å². The molecule has 18 heavy (non-hydrogen) atoms. The van der Waals surface area contributed by atoms with E-state index < -0.39 is 6.04 Å². The predicted molar refractivity (Wildman–Crippen MR) is 68.8 cm³/mol. The van der Waals surface area contributed by atoms with E-state index in [1.165, 1.54) is 0 Å². The van der Waals surface area contributed by atoms with E-state index in [1.54, 1.807) is 11.8 Å². The summed E-state index contributed by atoms with van der Waals surface area (Å²) in [6, 6.07) is 6.91. The quantitative estimate of drug-likeness (QED) is 0.822. The number of ketones is 1. The summed E-state index contributed by atoms with van der Waals surface area (Å²) >= 11 is 0. The van der Waals surface area contributed by atoms with Crippen molar-refractivity contribution in [2.24, 2.45) is 0 Å². The minimum absolute atomic E-state index is 0.0556. The maximum absolute atomic E-state index is 12.1. The lowest BCUT2D eigenvalue weighted by atomic mass is 10.1. The fourth-order valence-electron chi connectivity index (χ4n) is 2.15. The molecule has 1 unspecified atom stereocenters. The molecule has 1 heterocycles. The van der Waals surface area contributed by atoms with Crippen molar-refractivity contribution in [3.05, 3.63) is 24.3 Å². The molecule has 1 amide bonds. The Hall–Kier alpha value is -1.84. The molecule has 4 heteroatoms. The molecule has 2 rings (SSSR count). The van der Waals surface area contributed by atoms with Gasteiger partial charge in [0, 0.05) is 6.42 Å². The van der Waals surface area contributed by atoms with Crippen LogP contribution in [0.3, 0.4) is 0 Å². The third-order valence-corrected chi connectivity index (χ3v) is 3.17. The summed E-state index contributed by atoms with van der Waals surface area (Å²) in [5.41, 5.74) is 0.689. The largest absolute Gasteiger partial charge is 0.491 e. The van der Waals surface area contributed by atoms with Crippen molar-refractivity contribution in [1.82, 2.24) is 0 Å². The molecule has 0 N–H and O–H groups in total. The van der Waals surface area contributed by atoms with E-state index in [0.717, 1.165) is 0 Å². The summed E-state index contributed by atoms with van der Waals surface area (Å²) in [6.07, 6.45) is 0.726. The van der Waals surface area contributed by atoms with Gasteiger partial charge in [-0.05, 0) is 19.1 Å². The van der Waals surface area contributed by atoms with Crippen LogP contribution >= 0.6 is 0 Å². The fourth-order valence-corrected chi connectivity index (χ4v) is 2.15. The van der Waals surface area contributed by atoms with Crippen LogP contribution in [-0.2, 0) is 9.59 Å². The number of anilines is 1. The molecular weight excluding hydrogens is 230 g/mol.